The average molecular weight is 243 g/mol. The van der Waals surface area contributed by atoms with Crippen molar-refractivity contribution in [2.45, 2.75) is 12.5 Å². The molecule has 1 saturated heterocycles. The van der Waals surface area contributed by atoms with Gasteiger partial charge in [-0.3, -0.25) is 0 Å². The summed E-state index contributed by atoms with van der Waals surface area (Å²) in [5, 5.41) is 6.54. The molecule has 1 aliphatic heterocycles. The van der Waals surface area contributed by atoms with Crippen LogP contribution in [0, 0.1) is 0 Å². The van der Waals surface area contributed by atoms with E-state index in [1.165, 1.54) is 0 Å². The molecular formula is C8H11BrN4. The summed E-state index contributed by atoms with van der Waals surface area (Å²) in [6, 6.07) is 0.473. The monoisotopic (exact) mass is 242 g/mol. The highest BCUT2D eigenvalue weighted by Gasteiger charge is 2.14. The molecule has 70 valence electrons. The lowest BCUT2D eigenvalue weighted by atomic mass is 10.3. The Morgan fingerprint density at radius 3 is 2.85 bits per heavy atom. The SMILES string of the molecule is Brc1cnc(NC2CCNC2)nc1. The molecule has 13 heavy (non-hydrogen) atoms. The van der Waals surface area contributed by atoms with Gasteiger partial charge in [-0.1, -0.05) is 0 Å². The van der Waals surface area contributed by atoms with E-state index in [9.17, 15) is 0 Å². The zero-order chi connectivity index (χ0) is 9.10. The Hall–Kier alpha value is -0.680. The van der Waals surface area contributed by atoms with Crippen molar-refractivity contribution in [1.82, 2.24) is 15.3 Å². The molecule has 1 atom stereocenters. The van der Waals surface area contributed by atoms with E-state index in [2.05, 4.69) is 36.5 Å². The van der Waals surface area contributed by atoms with Crippen LogP contribution in [0.1, 0.15) is 6.42 Å². The first-order valence-corrected chi connectivity index (χ1v) is 5.09. The van der Waals surface area contributed by atoms with Crippen LogP contribution in [0.4, 0.5) is 5.95 Å². The summed E-state index contributed by atoms with van der Waals surface area (Å²) in [5.74, 6) is 0.705. The number of nitrogens with zero attached hydrogens (tertiary/aromatic N) is 2. The minimum Gasteiger partial charge on any atom is -0.350 e. The van der Waals surface area contributed by atoms with E-state index >= 15 is 0 Å². The van der Waals surface area contributed by atoms with Gasteiger partial charge in [-0.15, -0.1) is 0 Å². The van der Waals surface area contributed by atoms with Crippen molar-refractivity contribution in [2.24, 2.45) is 0 Å². The van der Waals surface area contributed by atoms with Crippen molar-refractivity contribution in [3.63, 3.8) is 0 Å². The Balaban J connectivity index is 1.97. The van der Waals surface area contributed by atoms with E-state index in [-0.39, 0.29) is 0 Å². The lowest BCUT2D eigenvalue weighted by Gasteiger charge is -2.09. The van der Waals surface area contributed by atoms with Crippen LogP contribution in [0.25, 0.3) is 0 Å². The Morgan fingerprint density at radius 1 is 1.46 bits per heavy atom. The molecule has 1 aliphatic rings. The van der Waals surface area contributed by atoms with Gasteiger partial charge in [0.15, 0.2) is 0 Å². The molecule has 2 rings (SSSR count). The summed E-state index contributed by atoms with van der Waals surface area (Å²) in [6.07, 6.45) is 4.63. The molecule has 0 spiro atoms. The number of hydrogen-bond donors (Lipinski definition) is 2. The number of rotatable bonds is 2. The predicted octanol–water partition coefficient (Wildman–Crippen LogP) is 1.01. The number of halogens is 1. The molecular weight excluding hydrogens is 232 g/mol. The minimum atomic E-state index is 0.473. The van der Waals surface area contributed by atoms with Gasteiger partial charge in [0.2, 0.25) is 5.95 Å². The van der Waals surface area contributed by atoms with Gasteiger partial charge in [0, 0.05) is 25.0 Å². The molecule has 5 heteroatoms. The minimum absolute atomic E-state index is 0.473. The maximum absolute atomic E-state index is 4.14. The standard InChI is InChI=1S/C8H11BrN4/c9-6-3-11-8(12-4-6)13-7-1-2-10-5-7/h3-4,7,10H,1-2,5H2,(H,11,12,13). The van der Waals surface area contributed by atoms with E-state index in [1.807, 2.05) is 0 Å². The summed E-state index contributed by atoms with van der Waals surface area (Å²) in [4.78, 5) is 8.29. The zero-order valence-electron chi connectivity index (χ0n) is 7.13. The highest BCUT2D eigenvalue weighted by atomic mass is 79.9. The van der Waals surface area contributed by atoms with Crippen molar-refractivity contribution < 1.29 is 0 Å². The highest BCUT2D eigenvalue weighted by Crippen LogP contribution is 2.09. The van der Waals surface area contributed by atoms with Gasteiger partial charge in [-0.05, 0) is 28.9 Å². The van der Waals surface area contributed by atoms with Gasteiger partial charge in [-0.25, -0.2) is 9.97 Å². The molecule has 0 radical (unpaired) electrons. The zero-order valence-corrected chi connectivity index (χ0v) is 8.71. The van der Waals surface area contributed by atoms with Crippen molar-refractivity contribution in [3.05, 3.63) is 16.9 Å². The maximum atomic E-state index is 4.14. The summed E-state index contributed by atoms with van der Waals surface area (Å²) < 4.78 is 0.905. The van der Waals surface area contributed by atoms with E-state index in [4.69, 9.17) is 0 Å². The fourth-order valence-corrected chi connectivity index (χ4v) is 1.55. The van der Waals surface area contributed by atoms with Gasteiger partial charge in [0.05, 0.1) is 4.47 Å². The molecule has 0 bridgehead atoms. The third-order valence-corrected chi connectivity index (χ3v) is 2.42. The number of hydrogen-bond acceptors (Lipinski definition) is 4. The van der Waals surface area contributed by atoms with Crippen molar-refractivity contribution in [3.8, 4) is 0 Å². The Bertz CT molecular complexity index is 268. The number of nitrogens with one attached hydrogen (secondary N) is 2. The molecule has 0 aromatic carbocycles. The first-order valence-electron chi connectivity index (χ1n) is 4.29. The second-order valence-electron chi connectivity index (χ2n) is 3.06. The third kappa shape index (κ3) is 2.38. The maximum Gasteiger partial charge on any atom is 0.222 e. The van der Waals surface area contributed by atoms with Crippen LogP contribution in [0.15, 0.2) is 16.9 Å². The van der Waals surface area contributed by atoms with Crippen LogP contribution in [-0.4, -0.2) is 29.1 Å². The van der Waals surface area contributed by atoms with Gasteiger partial charge < -0.3 is 10.6 Å². The Kier molecular flexibility index (Phi) is 2.75. The van der Waals surface area contributed by atoms with Crippen LogP contribution < -0.4 is 10.6 Å². The largest absolute Gasteiger partial charge is 0.350 e. The van der Waals surface area contributed by atoms with Gasteiger partial charge in [-0.2, -0.15) is 0 Å². The van der Waals surface area contributed by atoms with Crippen LogP contribution in [0.5, 0.6) is 0 Å². The van der Waals surface area contributed by atoms with E-state index in [0.29, 0.717) is 12.0 Å². The topological polar surface area (TPSA) is 49.8 Å². The fraction of sp³-hybridized carbons (Fsp3) is 0.500. The Labute approximate surface area is 85.3 Å². The fourth-order valence-electron chi connectivity index (χ4n) is 1.35. The second-order valence-corrected chi connectivity index (χ2v) is 3.97. The molecule has 1 aromatic rings. The molecule has 1 aromatic heterocycles. The lowest BCUT2D eigenvalue weighted by molar-refractivity contribution is 0.780. The summed E-state index contributed by atoms with van der Waals surface area (Å²) in [5.41, 5.74) is 0. The predicted molar refractivity (Wildman–Crippen MR) is 54.6 cm³/mol. The van der Waals surface area contributed by atoms with E-state index in [1.54, 1.807) is 12.4 Å². The molecule has 0 saturated carbocycles. The van der Waals surface area contributed by atoms with Crippen LogP contribution in [0.2, 0.25) is 0 Å². The van der Waals surface area contributed by atoms with Crippen molar-refractivity contribution >= 4 is 21.9 Å². The third-order valence-electron chi connectivity index (χ3n) is 2.01. The van der Waals surface area contributed by atoms with Crippen molar-refractivity contribution in [2.75, 3.05) is 18.4 Å². The first kappa shape index (κ1) is 8.90. The van der Waals surface area contributed by atoms with Gasteiger partial charge in [0.25, 0.3) is 0 Å². The highest BCUT2D eigenvalue weighted by molar-refractivity contribution is 9.10. The molecule has 2 heterocycles. The average Bonchev–Trinajstić information content (AvgIpc) is 2.62. The first-order chi connectivity index (χ1) is 6.34. The summed E-state index contributed by atoms with van der Waals surface area (Å²) in [6.45, 7) is 2.08. The molecule has 4 nitrogen and oxygen atoms in total. The van der Waals surface area contributed by atoms with Crippen LogP contribution >= 0.6 is 15.9 Å². The lowest BCUT2D eigenvalue weighted by Crippen LogP contribution is -2.23. The molecule has 0 aliphatic carbocycles. The smallest absolute Gasteiger partial charge is 0.222 e. The van der Waals surface area contributed by atoms with Crippen molar-refractivity contribution in [1.29, 1.82) is 0 Å². The normalized spacial score (nSPS) is 21.8. The van der Waals surface area contributed by atoms with Gasteiger partial charge in [0.1, 0.15) is 0 Å². The van der Waals surface area contributed by atoms with Gasteiger partial charge >= 0.3 is 0 Å². The molecule has 1 fully saturated rings. The summed E-state index contributed by atoms with van der Waals surface area (Å²) >= 11 is 3.29. The molecule has 2 N–H and O–H groups in total. The van der Waals surface area contributed by atoms with Crippen LogP contribution in [0.3, 0.4) is 0 Å². The van der Waals surface area contributed by atoms with E-state index in [0.717, 1.165) is 24.0 Å². The summed E-state index contributed by atoms with van der Waals surface area (Å²) in [7, 11) is 0. The number of anilines is 1. The van der Waals surface area contributed by atoms with Crippen LogP contribution in [-0.2, 0) is 0 Å². The number of aromatic nitrogens is 2. The molecule has 1 unspecified atom stereocenters. The quantitative estimate of drug-likeness (QED) is 0.814. The second kappa shape index (κ2) is 4.02. The Morgan fingerprint density at radius 2 is 2.23 bits per heavy atom. The molecule has 0 amide bonds. The van der Waals surface area contributed by atoms with E-state index < -0.39 is 0 Å².